The summed E-state index contributed by atoms with van der Waals surface area (Å²) in [7, 11) is 1.61. The van der Waals surface area contributed by atoms with Gasteiger partial charge in [-0.1, -0.05) is 29.8 Å². The van der Waals surface area contributed by atoms with Crippen molar-refractivity contribution in [2.75, 3.05) is 13.7 Å². The number of hydrogen-bond donors (Lipinski definition) is 1. The van der Waals surface area contributed by atoms with Gasteiger partial charge in [0.05, 0.1) is 13.7 Å². The Bertz CT molecular complexity index is 832. The lowest BCUT2D eigenvalue weighted by atomic mass is 10.1. The number of nitrogens with one attached hydrogen (secondary N) is 1. The molecule has 6 heteroatoms. The van der Waals surface area contributed by atoms with Crippen LogP contribution in [0.4, 0.5) is 0 Å². The van der Waals surface area contributed by atoms with E-state index in [1.54, 1.807) is 18.9 Å². The SMILES string of the molecule is COc1ccc(CN(C(=O)CCCOc2ccc(C)cc2)[C@@H](C)C(=O)NC(C)C)cc1. The van der Waals surface area contributed by atoms with Crippen LogP contribution in [-0.2, 0) is 16.1 Å². The molecule has 0 bridgehead atoms. The molecule has 0 saturated heterocycles. The topological polar surface area (TPSA) is 67.9 Å². The molecular weight excluding hydrogens is 392 g/mol. The van der Waals surface area contributed by atoms with E-state index in [9.17, 15) is 9.59 Å². The Kier molecular flexibility index (Phi) is 9.38. The maximum absolute atomic E-state index is 13.0. The van der Waals surface area contributed by atoms with Crippen LogP contribution in [0.5, 0.6) is 11.5 Å². The van der Waals surface area contributed by atoms with Crippen LogP contribution in [0, 0.1) is 6.92 Å². The number of carbonyl (C=O) groups excluding carboxylic acids is 2. The smallest absolute Gasteiger partial charge is 0.242 e. The largest absolute Gasteiger partial charge is 0.497 e. The lowest BCUT2D eigenvalue weighted by Crippen LogP contribution is -2.49. The summed E-state index contributed by atoms with van der Waals surface area (Å²) in [6.07, 6.45) is 0.881. The Morgan fingerprint density at radius 2 is 1.58 bits per heavy atom. The van der Waals surface area contributed by atoms with Gasteiger partial charge < -0.3 is 19.7 Å². The van der Waals surface area contributed by atoms with Crippen molar-refractivity contribution >= 4 is 11.8 Å². The Morgan fingerprint density at radius 1 is 0.968 bits per heavy atom. The van der Waals surface area contributed by atoms with Crippen LogP contribution >= 0.6 is 0 Å². The summed E-state index contributed by atoms with van der Waals surface area (Å²) in [5.41, 5.74) is 2.11. The highest BCUT2D eigenvalue weighted by molar-refractivity contribution is 5.87. The number of benzene rings is 2. The number of hydrogen-bond acceptors (Lipinski definition) is 4. The van der Waals surface area contributed by atoms with Crippen molar-refractivity contribution in [2.45, 2.75) is 59.2 Å². The number of ether oxygens (including phenoxy) is 2. The third-order valence-corrected chi connectivity index (χ3v) is 4.93. The van der Waals surface area contributed by atoms with E-state index in [-0.39, 0.29) is 17.9 Å². The van der Waals surface area contributed by atoms with Gasteiger partial charge in [0.15, 0.2) is 0 Å². The highest BCUT2D eigenvalue weighted by Crippen LogP contribution is 2.17. The first kappa shape index (κ1) is 24.3. The van der Waals surface area contributed by atoms with Crippen molar-refractivity contribution in [3.05, 3.63) is 59.7 Å². The molecule has 0 spiro atoms. The van der Waals surface area contributed by atoms with Gasteiger partial charge in [-0.15, -0.1) is 0 Å². The van der Waals surface area contributed by atoms with E-state index in [0.717, 1.165) is 17.1 Å². The minimum Gasteiger partial charge on any atom is -0.497 e. The second-order valence-corrected chi connectivity index (χ2v) is 7.97. The third-order valence-electron chi connectivity index (χ3n) is 4.93. The summed E-state index contributed by atoms with van der Waals surface area (Å²) < 4.78 is 10.9. The molecule has 1 N–H and O–H groups in total. The van der Waals surface area contributed by atoms with Gasteiger partial charge in [0, 0.05) is 19.0 Å². The quantitative estimate of drug-likeness (QED) is 0.549. The lowest BCUT2D eigenvalue weighted by Gasteiger charge is -2.29. The van der Waals surface area contributed by atoms with Gasteiger partial charge in [-0.3, -0.25) is 9.59 Å². The Balaban J connectivity index is 2.00. The molecule has 0 aliphatic heterocycles. The van der Waals surface area contributed by atoms with Crippen molar-refractivity contribution in [1.82, 2.24) is 10.2 Å². The number of nitrogens with zero attached hydrogens (tertiary/aromatic N) is 1. The standard InChI is InChI=1S/C25H34N2O4/c1-18(2)26-25(29)20(4)27(17-21-10-14-22(30-5)15-11-21)24(28)7-6-16-31-23-12-8-19(3)9-13-23/h8-15,18,20H,6-7,16-17H2,1-5H3,(H,26,29)/t20-/m0/s1. The molecule has 6 nitrogen and oxygen atoms in total. The summed E-state index contributed by atoms with van der Waals surface area (Å²) >= 11 is 0. The number of amides is 2. The van der Waals surface area contributed by atoms with E-state index < -0.39 is 6.04 Å². The molecule has 31 heavy (non-hydrogen) atoms. The van der Waals surface area contributed by atoms with Gasteiger partial charge in [-0.05, 0) is 63.9 Å². The van der Waals surface area contributed by atoms with Crippen LogP contribution in [0.1, 0.15) is 44.7 Å². The Hall–Kier alpha value is -3.02. The van der Waals surface area contributed by atoms with Crippen molar-refractivity contribution in [1.29, 1.82) is 0 Å². The highest BCUT2D eigenvalue weighted by atomic mass is 16.5. The molecule has 1 atom stereocenters. The second-order valence-electron chi connectivity index (χ2n) is 7.97. The van der Waals surface area contributed by atoms with Crippen molar-refractivity contribution in [3.8, 4) is 11.5 Å². The molecule has 2 amide bonds. The molecule has 2 aromatic carbocycles. The van der Waals surface area contributed by atoms with Crippen LogP contribution in [-0.4, -0.2) is 42.5 Å². The van der Waals surface area contributed by atoms with Crippen molar-refractivity contribution in [2.24, 2.45) is 0 Å². The normalized spacial score (nSPS) is 11.7. The van der Waals surface area contributed by atoms with Gasteiger partial charge in [-0.2, -0.15) is 0 Å². The van der Waals surface area contributed by atoms with Gasteiger partial charge in [0.25, 0.3) is 0 Å². The average molecular weight is 427 g/mol. The summed E-state index contributed by atoms with van der Waals surface area (Å²) in [5.74, 6) is 1.31. The van der Waals surface area contributed by atoms with Gasteiger partial charge in [0.1, 0.15) is 17.5 Å². The fourth-order valence-electron chi connectivity index (χ4n) is 3.11. The zero-order chi connectivity index (χ0) is 22.8. The zero-order valence-electron chi connectivity index (χ0n) is 19.2. The van der Waals surface area contributed by atoms with Crippen LogP contribution in [0.15, 0.2) is 48.5 Å². The number of aryl methyl sites for hydroxylation is 1. The minimum absolute atomic E-state index is 0.01000. The van der Waals surface area contributed by atoms with Crippen LogP contribution in [0.2, 0.25) is 0 Å². The van der Waals surface area contributed by atoms with E-state index >= 15 is 0 Å². The lowest BCUT2D eigenvalue weighted by molar-refractivity contribution is -0.141. The Labute approximate surface area is 185 Å². The molecular formula is C25H34N2O4. The Morgan fingerprint density at radius 3 is 2.16 bits per heavy atom. The molecule has 2 rings (SSSR count). The first-order chi connectivity index (χ1) is 14.8. The minimum atomic E-state index is -0.574. The monoisotopic (exact) mass is 426 g/mol. The summed E-state index contributed by atoms with van der Waals surface area (Å²) in [4.78, 5) is 27.2. The number of carbonyl (C=O) groups is 2. The molecule has 0 aliphatic carbocycles. The summed E-state index contributed by atoms with van der Waals surface area (Å²) in [6.45, 7) is 8.40. The summed E-state index contributed by atoms with van der Waals surface area (Å²) in [5, 5.41) is 2.90. The molecule has 2 aromatic rings. The first-order valence-electron chi connectivity index (χ1n) is 10.7. The molecule has 0 aromatic heterocycles. The van der Waals surface area contributed by atoms with Crippen molar-refractivity contribution in [3.63, 3.8) is 0 Å². The fourth-order valence-corrected chi connectivity index (χ4v) is 3.11. The summed E-state index contributed by atoms with van der Waals surface area (Å²) in [6, 6.07) is 14.8. The average Bonchev–Trinajstić information content (AvgIpc) is 2.75. The van der Waals surface area contributed by atoms with Crippen LogP contribution in [0.3, 0.4) is 0 Å². The van der Waals surface area contributed by atoms with Crippen molar-refractivity contribution < 1.29 is 19.1 Å². The molecule has 0 heterocycles. The molecule has 0 fully saturated rings. The van der Waals surface area contributed by atoms with E-state index in [2.05, 4.69) is 5.32 Å². The molecule has 0 unspecified atom stereocenters. The molecule has 168 valence electrons. The second kappa shape index (κ2) is 12.0. The number of methoxy groups -OCH3 is 1. The zero-order valence-corrected chi connectivity index (χ0v) is 19.2. The predicted molar refractivity (Wildman–Crippen MR) is 122 cm³/mol. The maximum atomic E-state index is 13.0. The van der Waals surface area contributed by atoms with Crippen LogP contribution in [0.25, 0.3) is 0 Å². The first-order valence-corrected chi connectivity index (χ1v) is 10.7. The van der Waals surface area contributed by atoms with Crippen LogP contribution < -0.4 is 14.8 Å². The van der Waals surface area contributed by atoms with E-state index in [1.165, 1.54) is 5.56 Å². The van der Waals surface area contributed by atoms with Gasteiger partial charge >= 0.3 is 0 Å². The molecule has 0 aliphatic rings. The van der Waals surface area contributed by atoms with E-state index in [0.29, 0.717) is 26.0 Å². The fraction of sp³-hybridized carbons (Fsp3) is 0.440. The van der Waals surface area contributed by atoms with E-state index in [4.69, 9.17) is 9.47 Å². The highest BCUT2D eigenvalue weighted by Gasteiger charge is 2.26. The predicted octanol–water partition coefficient (Wildman–Crippen LogP) is 4.10. The molecule has 0 saturated carbocycles. The maximum Gasteiger partial charge on any atom is 0.242 e. The van der Waals surface area contributed by atoms with Gasteiger partial charge in [-0.25, -0.2) is 0 Å². The molecule has 0 radical (unpaired) electrons. The van der Waals surface area contributed by atoms with Gasteiger partial charge in [0.2, 0.25) is 11.8 Å². The third kappa shape index (κ3) is 7.96. The number of rotatable bonds is 11. The van der Waals surface area contributed by atoms with E-state index in [1.807, 2.05) is 69.3 Å².